The molecule has 0 radical (unpaired) electrons. The van der Waals surface area contributed by atoms with Crippen molar-refractivity contribution in [2.75, 3.05) is 31.1 Å². The summed E-state index contributed by atoms with van der Waals surface area (Å²) in [6.45, 7) is 3.17. The Labute approximate surface area is 200 Å². The lowest BCUT2D eigenvalue weighted by Crippen LogP contribution is -2.38. The van der Waals surface area contributed by atoms with Gasteiger partial charge in [0.05, 0.1) is 18.3 Å². The maximum absolute atomic E-state index is 12.9. The van der Waals surface area contributed by atoms with Gasteiger partial charge < -0.3 is 15.0 Å². The summed E-state index contributed by atoms with van der Waals surface area (Å²) in [7, 11) is 0. The fourth-order valence-corrected chi connectivity index (χ4v) is 4.75. The Balaban J connectivity index is 1.24. The van der Waals surface area contributed by atoms with Gasteiger partial charge in [-0.25, -0.2) is 0 Å². The van der Waals surface area contributed by atoms with Gasteiger partial charge in [-0.05, 0) is 61.3 Å². The van der Waals surface area contributed by atoms with Crippen LogP contribution in [0.25, 0.3) is 0 Å². The van der Waals surface area contributed by atoms with Gasteiger partial charge in [0.1, 0.15) is 5.75 Å². The molecule has 2 aliphatic rings. The van der Waals surface area contributed by atoms with Gasteiger partial charge >= 0.3 is 0 Å². The van der Waals surface area contributed by atoms with Crippen molar-refractivity contribution in [3.05, 3.63) is 95.6 Å². The monoisotopic (exact) mass is 455 g/mol. The minimum Gasteiger partial charge on any atom is -0.482 e. The average molecular weight is 456 g/mol. The summed E-state index contributed by atoms with van der Waals surface area (Å²) in [5.41, 5.74) is 3.58. The number of carbonyl (C=O) groups is 2. The molecule has 3 aromatic rings. The summed E-state index contributed by atoms with van der Waals surface area (Å²) in [6.07, 6.45) is 2.41. The Morgan fingerprint density at radius 2 is 1.62 bits per heavy atom. The molecule has 5 rings (SSSR count). The largest absolute Gasteiger partial charge is 0.482 e. The van der Waals surface area contributed by atoms with Gasteiger partial charge in [0.15, 0.2) is 6.61 Å². The quantitative estimate of drug-likeness (QED) is 0.581. The number of nitrogens with zero attached hydrogens (tertiary/aromatic N) is 2. The highest BCUT2D eigenvalue weighted by atomic mass is 16.5. The molecule has 0 aromatic heterocycles. The number of anilines is 1. The molecule has 0 aliphatic carbocycles. The summed E-state index contributed by atoms with van der Waals surface area (Å²) < 4.78 is 5.52. The first-order chi connectivity index (χ1) is 16.7. The fourth-order valence-electron chi connectivity index (χ4n) is 4.75. The van der Waals surface area contributed by atoms with Gasteiger partial charge in [-0.15, -0.1) is 0 Å². The molecule has 0 spiro atoms. The van der Waals surface area contributed by atoms with Crippen LogP contribution in [-0.4, -0.2) is 43.0 Å². The third-order valence-corrected chi connectivity index (χ3v) is 6.59. The molecule has 6 heteroatoms. The number of benzene rings is 3. The van der Waals surface area contributed by atoms with E-state index in [1.165, 1.54) is 18.4 Å². The van der Waals surface area contributed by atoms with Crippen molar-refractivity contribution in [3.63, 3.8) is 0 Å². The van der Waals surface area contributed by atoms with Crippen LogP contribution in [0.2, 0.25) is 0 Å². The van der Waals surface area contributed by atoms with E-state index in [1.54, 1.807) is 4.90 Å². The van der Waals surface area contributed by atoms with Crippen LogP contribution in [0.4, 0.5) is 5.69 Å². The molecule has 2 aliphatic heterocycles. The van der Waals surface area contributed by atoms with Crippen molar-refractivity contribution in [2.45, 2.75) is 25.4 Å². The molecule has 1 atom stereocenters. The Morgan fingerprint density at radius 3 is 2.38 bits per heavy atom. The number of amides is 2. The van der Waals surface area contributed by atoms with E-state index in [9.17, 15) is 9.59 Å². The summed E-state index contributed by atoms with van der Waals surface area (Å²) in [5, 5.41) is 3.13. The first-order valence-corrected chi connectivity index (χ1v) is 11.9. The van der Waals surface area contributed by atoms with Crippen molar-refractivity contribution in [1.29, 1.82) is 0 Å². The zero-order valence-electron chi connectivity index (χ0n) is 19.2. The topological polar surface area (TPSA) is 61.9 Å². The number of fused-ring (bicyclic) bond motifs is 1. The first-order valence-electron chi connectivity index (χ1n) is 11.9. The average Bonchev–Trinajstić information content (AvgIpc) is 3.41. The molecule has 1 N–H and O–H groups in total. The SMILES string of the molecule is O=C(NCC(c1ccccc1)N1CCCC1)c1ccc(CN2C(=O)COc3ccccc32)cc1. The molecule has 2 amide bonds. The van der Waals surface area contributed by atoms with Crippen molar-refractivity contribution in [2.24, 2.45) is 0 Å². The number of nitrogens with one attached hydrogen (secondary N) is 1. The summed E-state index contributed by atoms with van der Waals surface area (Å²) in [5.74, 6) is 0.554. The van der Waals surface area contributed by atoms with E-state index in [2.05, 4.69) is 34.5 Å². The van der Waals surface area contributed by atoms with Crippen LogP contribution in [-0.2, 0) is 11.3 Å². The second-order valence-electron chi connectivity index (χ2n) is 8.81. The molecular weight excluding hydrogens is 426 g/mol. The third kappa shape index (κ3) is 4.82. The molecular formula is C28H29N3O3. The molecule has 1 unspecified atom stereocenters. The second-order valence-corrected chi connectivity index (χ2v) is 8.81. The number of likely N-dealkylation sites (tertiary alicyclic amines) is 1. The van der Waals surface area contributed by atoms with Gasteiger partial charge in [-0.1, -0.05) is 54.6 Å². The maximum atomic E-state index is 12.9. The number of hydrogen-bond donors (Lipinski definition) is 1. The minimum absolute atomic E-state index is 0.0388. The van der Waals surface area contributed by atoms with E-state index in [0.717, 1.165) is 24.3 Å². The van der Waals surface area contributed by atoms with Gasteiger partial charge in [-0.2, -0.15) is 0 Å². The van der Waals surface area contributed by atoms with Gasteiger partial charge in [0, 0.05) is 12.1 Å². The van der Waals surface area contributed by atoms with Crippen LogP contribution >= 0.6 is 0 Å². The predicted molar refractivity (Wildman–Crippen MR) is 132 cm³/mol. The number of hydrogen-bond acceptors (Lipinski definition) is 4. The summed E-state index contributed by atoms with van der Waals surface area (Å²) in [6, 6.07) is 25.6. The number of para-hydroxylation sites is 2. The number of carbonyl (C=O) groups excluding carboxylic acids is 2. The van der Waals surface area contributed by atoms with Crippen molar-refractivity contribution < 1.29 is 14.3 Å². The van der Waals surface area contributed by atoms with Crippen molar-refractivity contribution in [3.8, 4) is 5.75 Å². The summed E-state index contributed by atoms with van der Waals surface area (Å²) >= 11 is 0. The predicted octanol–water partition coefficient (Wildman–Crippen LogP) is 4.18. The van der Waals surface area contributed by atoms with Crippen molar-refractivity contribution in [1.82, 2.24) is 10.2 Å². The van der Waals surface area contributed by atoms with Crippen LogP contribution in [0.15, 0.2) is 78.9 Å². The lowest BCUT2D eigenvalue weighted by atomic mass is 10.1. The zero-order chi connectivity index (χ0) is 23.3. The third-order valence-electron chi connectivity index (χ3n) is 6.59. The number of rotatable bonds is 7. The Morgan fingerprint density at radius 1 is 0.912 bits per heavy atom. The molecule has 0 bridgehead atoms. The van der Waals surface area contributed by atoms with E-state index in [0.29, 0.717) is 24.4 Å². The van der Waals surface area contributed by atoms with Crippen molar-refractivity contribution >= 4 is 17.5 Å². The lowest BCUT2D eigenvalue weighted by molar-refractivity contribution is -0.121. The highest BCUT2D eigenvalue weighted by molar-refractivity contribution is 5.98. The molecule has 0 saturated carbocycles. The molecule has 3 aromatic carbocycles. The van der Waals surface area contributed by atoms with Crippen LogP contribution in [0.5, 0.6) is 5.75 Å². The smallest absolute Gasteiger partial charge is 0.265 e. The number of ether oxygens (including phenoxy) is 1. The molecule has 1 fully saturated rings. The molecule has 34 heavy (non-hydrogen) atoms. The zero-order valence-corrected chi connectivity index (χ0v) is 19.2. The lowest BCUT2D eigenvalue weighted by Gasteiger charge is -2.29. The minimum atomic E-state index is -0.0838. The second kappa shape index (κ2) is 10.1. The maximum Gasteiger partial charge on any atom is 0.265 e. The standard InChI is InChI=1S/C28H29N3O3/c32-27-20-34-26-11-5-4-10-24(26)31(27)19-21-12-14-23(15-13-21)28(33)29-18-25(30-16-6-7-17-30)22-8-2-1-3-9-22/h1-5,8-15,25H,6-7,16-20H2,(H,29,33). The van der Waals surface area contributed by atoms with E-state index in [1.807, 2.05) is 54.6 Å². The van der Waals surface area contributed by atoms with E-state index in [4.69, 9.17) is 4.74 Å². The van der Waals surface area contributed by atoms with E-state index < -0.39 is 0 Å². The highest BCUT2D eigenvalue weighted by Crippen LogP contribution is 2.32. The van der Waals surface area contributed by atoms with E-state index >= 15 is 0 Å². The Hall–Kier alpha value is -3.64. The highest BCUT2D eigenvalue weighted by Gasteiger charge is 2.26. The fraction of sp³-hybridized carbons (Fsp3) is 0.286. The van der Waals surface area contributed by atoms with Gasteiger partial charge in [0.2, 0.25) is 0 Å². The molecule has 2 heterocycles. The van der Waals surface area contributed by atoms with Gasteiger partial charge in [0.25, 0.3) is 11.8 Å². The molecule has 6 nitrogen and oxygen atoms in total. The van der Waals surface area contributed by atoms with Gasteiger partial charge in [-0.3, -0.25) is 14.5 Å². The summed E-state index contributed by atoms with van der Waals surface area (Å²) in [4.78, 5) is 29.5. The van der Waals surface area contributed by atoms with Crippen LogP contribution < -0.4 is 15.0 Å². The molecule has 1 saturated heterocycles. The van der Waals surface area contributed by atoms with Crippen LogP contribution in [0.3, 0.4) is 0 Å². The Bertz CT molecular complexity index is 1140. The van der Waals surface area contributed by atoms with Crippen LogP contribution in [0.1, 0.15) is 40.4 Å². The molecule has 174 valence electrons. The van der Waals surface area contributed by atoms with E-state index in [-0.39, 0.29) is 24.5 Å². The van der Waals surface area contributed by atoms with Crippen LogP contribution in [0, 0.1) is 0 Å². The first kappa shape index (κ1) is 22.2. The Kier molecular flexibility index (Phi) is 6.58. The normalized spacial score (nSPS) is 16.6.